The van der Waals surface area contributed by atoms with Crippen molar-refractivity contribution in [1.82, 2.24) is 9.97 Å². The van der Waals surface area contributed by atoms with Crippen molar-refractivity contribution >= 4 is 33.5 Å². The molecule has 1 unspecified atom stereocenters. The van der Waals surface area contributed by atoms with Gasteiger partial charge in [-0.25, -0.2) is 9.97 Å². The molecule has 0 fully saturated rings. The van der Waals surface area contributed by atoms with E-state index in [1.165, 1.54) is 0 Å². The van der Waals surface area contributed by atoms with Crippen molar-refractivity contribution in [2.75, 3.05) is 11.1 Å². The molecule has 0 bridgehead atoms. The summed E-state index contributed by atoms with van der Waals surface area (Å²) >= 11 is 3.12. The van der Waals surface area contributed by atoms with E-state index >= 15 is 0 Å². The Balaban J connectivity index is 2.51. The average Bonchev–Trinajstić information content (AvgIpc) is 2.08. The molecule has 1 aliphatic heterocycles. The number of anilines is 2. The lowest BCUT2D eigenvalue weighted by atomic mass is 9.97. The largest absolute Gasteiger partial charge is 0.383 e. The molecule has 0 saturated carbocycles. The van der Waals surface area contributed by atoms with Crippen LogP contribution in [0.3, 0.4) is 0 Å². The number of rotatable bonds is 0. The maximum atomic E-state index is 11.4. The fraction of sp³-hybridized carbons (Fsp3) is 0.375. The van der Waals surface area contributed by atoms with Crippen LogP contribution in [-0.4, -0.2) is 15.9 Å². The standard InChI is InChI=1S/C8H9BrN4O/c1-3-2-4-5(10)11-8(9)13-6(4)12-7(3)14/h3H,2H2,1H3,(H3,10,11,12,13,14). The van der Waals surface area contributed by atoms with E-state index in [1.54, 1.807) is 0 Å². The van der Waals surface area contributed by atoms with Crippen molar-refractivity contribution in [2.24, 2.45) is 5.92 Å². The number of nitrogens with two attached hydrogens (primary N) is 1. The Kier molecular flexibility index (Phi) is 2.14. The van der Waals surface area contributed by atoms with Gasteiger partial charge in [0.25, 0.3) is 0 Å². The normalized spacial score (nSPS) is 20.1. The number of nitrogens with zero attached hydrogens (tertiary/aromatic N) is 2. The molecule has 6 heteroatoms. The molecule has 0 spiro atoms. The van der Waals surface area contributed by atoms with Gasteiger partial charge in [-0.15, -0.1) is 0 Å². The fourth-order valence-corrected chi connectivity index (χ4v) is 1.78. The van der Waals surface area contributed by atoms with Gasteiger partial charge in [0.15, 0.2) is 0 Å². The molecule has 1 aromatic rings. The molecule has 2 heterocycles. The molecule has 3 N–H and O–H groups in total. The van der Waals surface area contributed by atoms with E-state index in [9.17, 15) is 4.79 Å². The SMILES string of the molecule is CC1Cc2c(N)nc(Br)nc2NC1=O. The first kappa shape index (κ1) is 9.39. The molecule has 0 aliphatic carbocycles. The quantitative estimate of drug-likeness (QED) is 0.678. The number of hydrogen-bond donors (Lipinski definition) is 2. The highest BCUT2D eigenvalue weighted by molar-refractivity contribution is 9.10. The first-order valence-electron chi connectivity index (χ1n) is 4.20. The molecule has 1 aromatic heterocycles. The van der Waals surface area contributed by atoms with Gasteiger partial charge >= 0.3 is 0 Å². The van der Waals surface area contributed by atoms with Crippen LogP contribution in [0.25, 0.3) is 0 Å². The van der Waals surface area contributed by atoms with Crippen LogP contribution >= 0.6 is 15.9 Å². The fourth-order valence-electron chi connectivity index (χ4n) is 1.42. The molecule has 5 nitrogen and oxygen atoms in total. The Hall–Kier alpha value is -1.17. The van der Waals surface area contributed by atoms with Gasteiger partial charge in [0.1, 0.15) is 11.6 Å². The Morgan fingerprint density at radius 3 is 3.00 bits per heavy atom. The number of amides is 1. The summed E-state index contributed by atoms with van der Waals surface area (Å²) in [6.45, 7) is 1.85. The summed E-state index contributed by atoms with van der Waals surface area (Å²) in [5, 5.41) is 2.69. The summed E-state index contributed by atoms with van der Waals surface area (Å²) in [5.41, 5.74) is 6.54. The van der Waals surface area contributed by atoms with Gasteiger partial charge in [-0.3, -0.25) is 4.79 Å². The monoisotopic (exact) mass is 256 g/mol. The van der Waals surface area contributed by atoms with Crippen molar-refractivity contribution in [1.29, 1.82) is 0 Å². The Labute approximate surface area is 89.2 Å². The van der Waals surface area contributed by atoms with E-state index in [0.29, 0.717) is 22.8 Å². The highest BCUT2D eigenvalue weighted by atomic mass is 79.9. The third kappa shape index (κ3) is 1.45. The van der Waals surface area contributed by atoms with Crippen molar-refractivity contribution in [3.63, 3.8) is 0 Å². The zero-order valence-corrected chi connectivity index (χ0v) is 9.13. The van der Waals surface area contributed by atoms with E-state index < -0.39 is 0 Å². The summed E-state index contributed by atoms with van der Waals surface area (Å²) in [5.74, 6) is 0.846. The summed E-state index contributed by atoms with van der Waals surface area (Å²) in [4.78, 5) is 19.4. The zero-order chi connectivity index (χ0) is 10.3. The Morgan fingerprint density at radius 2 is 2.29 bits per heavy atom. The molecular formula is C8H9BrN4O. The highest BCUT2D eigenvalue weighted by Crippen LogP contribution is 2.28. The summed E-state index contributed by atoms with van der Waals surface area (Å²) in [6, 6.07) is 0. The minimum atomic E-state index is -0.0745. The number of carbonyl (C=O) groups is 1. The third-order valence-electron chi connectivity index (χ3n) is 2.21. The molecule has 74 valence electrons. The van der Waals surface area contributed by atoms with Crippen molar-refractivity contribution in [3.8, 4) is 0 Å². The van der Waals surface area contributed by atoms with E-state index in [4.69, 9.17) is 5.73 Å². The lowest BCUT2D eigenvalue weighted by molar-refractivity contribution is -0.119. The van der Waals surface area contributed by atoms with Crippen LogP contribution in [0.1, 0.15) is 12.5 Å². The molecule has 2 rings (SSSR count). The maximum absolute atomic E-state index is 11.4. The summed E-state index contributed by atoms with van der Waals surface area (Å²) < 4.78 is 0.392. The number of hydrogen-bond acceptors (Lipinski definition) is 4. The number of fused-ring (bicyclic) bond motifs is 1. The van der Waals surface area contributed by atoms with E-state index in [-0.39, 0.29) is 11.8 Å². The number of nitrogens with one attached hydrogen (secondary N) is 1. The van der Waals surface area contributed by atoms with Crippen LogP contribution in [0.5, 0.6) is 0 Å². The first-order chi connectivity index (χ1) is 6.58. The molecular weight excluding hydrogens is 248 g/mol. The number of nitrogen functional groups attached to an aromatic ring is 1. The van der Waals surface area contributed by atoms with Crippen LogP contribution in [-0.2, 0) is 11.2 Å². The topological polar surface area (TPSA) is 80.9 Å². The average molecular weight is 257 g/mol. The lowest BCUT2D eigenvalue weighted by Crippen LogP contribution is -2.29. The molecule has 0 radical (unpaired) electrons. The predicted molar refractivity (Wildman–Crippen MR) is 55.6 cm³/mol. The van der Waals surface area contributed by atoms with Crippen LogP contribution in [0.2, 0.25) is 0 Å². The Morgan fingerprint density at radius 1 is 1.57 bits per heavy atom. The second-order valence-electron chi connectivity index (χ2n) is 3.30. The Bertz CT molecular complexity index is 407. The van der Waals surface area contributed by atoms with E-state index in [2.05, 4.69) is 31.2 Å². The minimum Gasteiger partial charge on any atom is -0.383 e. The lowest BCUT2D eigenvalue weighted by Gasteiger charge is -2.21. The van der Waals surface area contributed by atoms with Gasteiger partial charge in [0, 0.05) is 11.5 Å². The van der Waals surface area contributed by atoms with Crippen molar-refractivity contribution in [2.45, 2.75) is 13.3 Å². The highest BCUT2D eigenvalue weighted by Gasteiger charge is 2.25. The van der Waals surface area contributed by atoms with Gasteiger partial charge in [0.2, 0.25) is 10.6 Å². The molecule has 0 saturated heterocycles. The zero-order valence-electron chi connectivity index (χ0n) is 7.54. The van der Waals surface area contributed by atoms with E-state index in [0.717, 1.165) is 5.56 Å². The third-order valence-corrected chi connectivity index (χ3v) is 2.57. The number of halogens is 1. The smallest absolute Gasteiger partial charge is 0.228 e. The van der Waals surface area contributed by atoms with Crippen LogP contribution in [0.4, 0.5) is 11.6 Å². The number of aromatic nitrogens is 2. The van der Waals surface area contributed by atoms with E-state index in [1.807, 2.05) is 6.92 Å². The molecule has 1 atom stereocenters. The maximum Gasteiger partial charge on any atom is 0.228 e. The molecule has 0 aromatic carbocycles. The van der Waals surface area contributed by atoms with Crippen LogP contribution in [0, 0.1) is 5.92 Å². The molecule has 1 amide bonds. The predicted octanol–water partition coefficient (Wildman–Crippen LogP) is 0.952. The van der Waals surface area contributed by atoms with Gasteiger partial charge < -0.3 is 11.1 Å². The molecule has 14 heavy (non-hydrogen) atoms. The summed E-state index contributed by atoms with van der Waals surface area (Å²) in [6.07, 6.45) is 0.598. The molecule has 1 aliphatic rings. The first-order valence-corrected chi connectivity index (χ1v) is 5.00. The van der Waals surface area contributed by atoms with Gasteiger partial charge in [-0.2, -0.15) is 0 Å². The van der Waals surface area contributed by atoms with Crippen LogP contribution < -0.4 is 11.1 Å². The van der Waals surface area contributed by atoms with Crippen molar-refractivity contribution < 1.29 is 4.79 Å². The number of carbonyl (C=O) groups excluding carboxylic acids is 1. The van der Waals surface area contributed by atoms with Gasteiger partial charge in [-0.1, -0.05) is 6.92 Å². The second-order valence-corrected chi connectivity index (χ2v) is 4.01. The second kappa shape index (κ2) is 3.20. The van der Waals surface area contributed by atoms with Gasteiger partial charge in [0.05, 0.1) is 0 Å². The summed E-state index contributed by atoms with van der Waals surface area (Å²) in [7, 11) is 0. The van der Waals surface area contributed by atoms with Gasteiger partial charge in [-0.05, 0) is 22.4 Å². The minimum absolute atomic E-state index is 0.0255. The van der Waals surface area contributed by atoms with Crippen LogP contribution in [0.15, 0.2) is 4.73 Å². The van der Waals surface area contributed by atoms with Crippen molar-refractivity contribution in [3.05, 3.63) is 10.3 Å².